The van der Waals surface area contributed by atoms with Crippen LogP contribution in [0.2, 0.25) is 0 Å². The van der Waals surface area contributed by atoms with Gasteiger partial charge in [0.25, 0.3) is 0 Å². The van der Waals surface area contributed by atoms with Crippen molar-refractivity contribution in [3.05, 3.63) is 0 Å². The molecule has 1 saturated carbocycles. The molecule has 0 aromatic carbocycles. The Labute approximate surface area is 164 Å². The van der Waals surface area contributed by atoms with E-state index in [1.807, 2.05) is 7.05 Å². The van der Waals surface area contributed by atoms with E-state index >= 15 is 0 Å². The van der Waals surface area contributed by atoms with Gasteiger partial charge in [0, 0.05) is 45.4 Å². The van der Waals surface area contributed by atoms with Gasteiger partial charge in [-0.15, -0.1) is 24.0 Å². The number of rotatable bonds is 3. The maximum atomic E-state index is 5.58. The van der Waals surface area contributed by atoms with E-state index in [9.17, 15) is 0 Å². The Kier molecular flexibility index (Phi) is 7.20. The van der Waals surface area contributed by atoms with Gasteiger partial charge in [-0.25, -0.2) is 0 Å². The third-order valence-corrected chi connectivity index (χ3v) is 6.56. The zero-order valence-electron chi connectivity index (χ0n) is 15.6. The van der Waals surface area contributed by atoms with Gasteiger partial charge < -0.3 is 19.9 Å². The predicted molar refractivity (Wildman–Crippen MR) is 110 cm³/mol. The Bertz CT molecular complexity index is 429. The van der Waals surface area contributed by atoms with Crippen LogP contribution in [0.3, 0.4) is 0 Å². The Balaban J connectivity index is 0.00000208. The van der Waals surface area contributed by atoms with Crippen LogP contribution in [0, 0.1) is 5.41 Å². The third kappa shape index (κ3) is 4.18. The number of nitrogens with one attached hydrogen (secondary N) is 1. The zero-order valence-corrected chi connectivity index (χ0v) is 18.0. The standard InChI is InChI=1S/C18H34N4O.HI/c1-19-16(22-11-8-17(15-22)6-4-5-7-17)20-14-18(21(2)3)9-12-23-13-10-18;/h4-15H2,1-3H3,(H,19,20);1H. The summed E-state index contributed by atoms with van der Waals surface area (Å²) in [6.45, 7) is 5.05. The lowest BCUT2D eigenvalue weighted by Crippen LogP contribution is -2.57. The molecule has 2 saturated heterocycles. The summed E-state index contributed by atoms with van der Waals surface area (Å²) in [4.78, 5) is 9.45. The molecular weight excluding hydrogens is 415 g/mol. The van der Waals surface area contributed by atoms with Crippen LogP contribution >= 0.6 is 24.0 Å². The third-order valence-electron chi connectivity index (χ3n) is 6.56. The van der Waals surface area contributed by atoms with Gasteiger partial charge in [0.2, 0.25) is 0 Å². The van der Waals surface area contributed by atoms with Crippen LogP contribution in [0.5, 0.6) is 0 Å². The number of aliphatic imine (C=N–C) groups is 1. The lowest BCUT2D eigenvalue weighted by atomic mass is 9.86. The number of likely N-dealkylation sites (N-methyl/N-ethyl adjacent to an activating group) is 1. The van der Waals surface area contributed by atoms with Crippen LogP contribution in [0.25, 0.3) is 0 Å². The average molecular weight is 450 g/mol. The molecule has 2 heterocycles. The first-order chi connectivity index (χ1) is 11.1. The van der Waals surface area contributed by atoms with Crippen LogP contribution in [0.4, 0.5) is 0 Å². The Morgan fingerprint density at radius 3 is 2.38 bits per heavy atom. The van der Waals surface area contributed by atoms with Crippen molar-refractivity contribution < 1.29 is 4.74 Å². The molecule has 0 amide bonds. The van der Waals surface area contributed by atoms with Crippen LogP contribution in [0.15, 0.2) is 4.99 Å². The number of guanidine groups is 1. The van der Waals surface area contributed by atoms with Gasteiger partial charge in [0.1, 0.15) is 0 Å². The van der Waals surface area contributed by atoms with Crippen molar-refractivity contribution in [3.63, 3.8) is 0 Å². The molecule has 140 valence electrons. The van der Waals surface area contributed by atoms with E-state index in [1.165, 1.54) is 38.6 Å². The van der Waals surface area contributed by atoms with E-state index < -0.39 is 0 Å². The Morgan fingerprint density at radius 2 is 1.79 bits per heavy atom. The van der Waals surface area contributed by atoms with Crippen molar-refractivity contribution >= 4 is 29.9 Å². The van der Waals surface area contributed by atoms with Gasteiger partial charge in [0.05, 0.1) is 0 Å². The number of likely N-dealkylation sites (tertiary alicyclic amines) is 1. The van der Waals surface area contributed by atoms with Crippen molar-refractivity contribution in [3.8, 4) is 0 Å². The van der Waals surface area contributed by atoms with E-state index in [2.05, 4.69) is 34.2 Å². The van der Waals surface area contributed by atoms with Crippen molar-refractivity contribution in [2.75, 3.05) is 54.0 Å². The van der Waals surface area contributed by atoms with E-state index in [-0.39, 0.29) is 29.5 Å². The van der Waals surface area contributed by atoms with Crippen LogP contribution < -0.4 is 5.32 Å². The molecule has 1 aliphatic carbocycles. The minimum atomic E-state index is 0. The highest BCUT2D eigenvalue weighted by molar-refractivity contribution is 14.0. The SMILES string of the molecule is CN=C(NCC1(N(C)C)CCOCC1)N1CCC2(CCCC2)C1.I. The normalized spacial score (nSPS) is 26.0. The molecule has 2 aliphatic heterocycles. The minimum Gasteiger partial charge on any atom is -0.381 e. The summed E-state index contributed by atoms with van der Waals surface area (Å²) in [6, 6.07) is 0. The number of hydrogen-bond acceptors (Lipinski definition) is 3. The molecule has 3 rings (SSSR count). The summed E-state index contributed by atoms with van der Waals surface area (Å²) >= 11 is 0. The van der Waals surface area contributed by atoms with Gasteiger partial charge in [-0.05, 0) is 51.6 Å². The second-order valence-corrected chi connectivity index (χ2v) is 8.01. The fraction of sp³-hybridized carbons (Fsp3) is 0.944. The van der Waals surface area contributed by atoms with Crippen molar-refractivity contribution in [1.82, 2.24) is 15.1 Å². The summed E-state index contributed by atoms with van der Waals surface area (Å²) in [6.07, 6.45) is 9.20. The largest absolute Gasteiger partial charge is 0.381 e. The Morgan fingerprint density at radius 1 is 1.12 bits per heavy atom. The van der Waals surface area contributed by atoms with Gasteiger partial charge in [0.15, 0.2) is 5.96 Å². The van der Waals surface area contributed by atoms with Crippen molar-refractivity contribution in [1.29, 1.82) is 0 Å². The zero-order chi connectivity index (χ0) is 16.3. The van der Waals surface area contributed by atoms with Crippen molar-refractivity contribution in [2.45, 2.75) is 50.5 Å². The van der Waals surface area contributed by atoms with Crippen LogP contribution in [-0.2, 0) is 4.74 Å². The topological polar surface area (TPSA) is 40.1 Å². The highest BCUT2D eigenvalue weighted by Crippen LogP contribution is 2.45. The highest BCUT2D eigenvalue weighted by Gasteiger charge is 2.41. The molecule has 0 aromatic rings. The summed E-state index contributed by atoms with van der Waals surface area (Å²) in [5.41, 5.74) is 0.786. The second kappa shape index (κ2) is 8.54. The first-order valence-corrected chi connectivity index (χ1v) is 9.30. The molecule has 3 fully saturated rings. The molecule has 0 aromatic heterocycles. The molecule has 0 bridgehead atoms. The lowest BCUT2D eigenvalue weighted by Gasteiger charge is -2.43. The lowest BCUT2D eigenvalue weighted by molar-refractivity contribution is -0.00523. The van der Waals surface area contributed by atoms with Crippen LogP contribution in [0.1, 0.15) is 44.9 Å². The maximum Gasteiger partial charge on any atom is 0.193 e. The molecule has 6 heteroatoms. The van der Waals surface area contributed by atoms with E-state index in [4.69, 9.17) is 4.74 Å². The summed E-state index contributed by atoms with van der Waals surface area (Å²) < 4.78 is 5.58. The number of halogens is 1. The van der Waals surface area contributed by atoms with Crippen molar-refractivity contribution in [2.24, 2.45) is 10.4 Å². The van der Waals surface area contributed by atoms with Gasteiger partial charge in [-0.3, -0.25) is 4.99 Å². The van der Waals surface area contributed by atoms with Crippen LogP contribution in [-0.4, -0.2) is 75.3 Å². The summed E-state index contributed by atoms with van der Waals surface area (Å²) in [5, 5.41) is 3.69. The number of nitrogens with zero attached hydrogens (tertiary/aromatic N) is 3. The highest BCUT2D eigenvalue weighted by atomic mass is 127. The molecule has 0 radical (unpaired) electrons. The summed E-state index contributed by atoms with van der Waals surface area (Å²) in [5.74, 6) is 1.10. The number of hydrogen-bond donors (Lipinski definition) is 1. The first kappa shape index (κ1) is 20.2. The van der Waals surface area contributed by atoms with Gasteiger partial charge >= 0.3 is 0 Å². The summed E-state index contributed by atoms with van der Waals surface area (Å²) in [7, 11) is 6.31. The second-order valence-electron chi connectivity index (χ2n) is 8.01. The monoisotopic (exact) mass is 450 g/mol. The van der Waals surface area contributed by atoms with E-state index in [1.54, 1.807) is 0 Å². The fourth-order valence-corrected chi connectivity index (χ4v) is 4.76. The molecule has 0 unspecified atom stereocenters. The fourth-order valence-electron chi connectivity index (χ4n) is 4.76. The smallest absolute Gasteiger partial charge is 0.193 e. The molecular formula is C18H35IN4O. The molecule has 5 nitrogen and oxygen atoms in total. The molecule has 1 N–H and O–H groups in total. The first-order valence-electron chi connectivity index (χ1n) is 9.30. The Hall–Kier alpha value is -0.0800. The molecule has 24 heavy (non-hydrogen) atoms. The van der Waals surface area contributed by atoms with E-state index in [0.29, 0.717) is 5.41 Å². The van der Waals surface area contributed by atoms with Gasteiger partial charge in [-0.2, -0.15) is 0 Å². The minimum absolute atomic E-state index is 0. The average Bonchev–Trinajstić information content (AvgIpc) is 3.19. The number of ether oxygens (including phenoxy) is 1. The van der Waals surface area contributed by atoms with E-state index in [0.717, 1.165) is 45.1 Å². The molecule has 0 atom stereocenters. The predicted octanol–water partition coefficient (Wildman–Crippen LogP) is 2.56. The quantitative estimate of drug-likeness (QED) is 0.408. The molecule has 1 spiro atoms. The maximum absolute atomic E-state index is 5.58. The molecule has 3 aliphatic rings. The van der Waals surface area contributed by atoms with Gasteiger partial charge in [-0.1, -0.05) is 12.8 Å².